The van der Waals surface area contributed by atoms with Crippen molar-refractivity contribution in [3.8, 4) is 0 Å². The van der Waals surface area contributed by atoms with Crippen LogP contribution in [0.2, 0.25) is 0 Å². The minimum Gasteiger partial charge on any atom is -0.471 e. The van der Waals surface area contributed by atoms with Crippen molar-refractivity contribution in [2.75, 3.05) is 11.6 Å². The third-order valence-corrected chi connectivity index (χ3v) is 3.57. The molecule has 0 fully saturated rings. The van der Waals surface area contributed by atoms with Gasteiger partial charge < -0.3 is 9.64 Å². The molecule has 0 N–H and O–H groups in total. The summed E-state index contributed by atoms with van der Waals surface area (Å²) in [6, 6.07) is 18.6. The van der Waals surface area contributed by atoms with E-state index >= 15 is 0 Å². The van der Waals surface area contributed by atoms with Gasteiger partial charge in [-0.15, -0.1) is 0 Å². The number of rotatable bonds is 2. The van der Waals surface area contributed by atoms with Crippen molar-refractivity contribution < 1.29 is 4.74 Å². The van der Waals surface area contributed by atoms with Crippen molar-refractivity contribution in [3.63, 3.8) is 0 Å². The van der Waals surface area contributed by atoms with Crippen LogP contribution in [0.25, 0.3) is 5.76 Å². The van der Waals surface area contributed by atoms with E-state index in [4.69, 9.17) is 4.74 Å². The van der Waals surface area contributed by atoms with Crippen LogP contribution >= 0.6 is 22.6 Å². The van der Waals surface area contributed by atoms with Crippen LogP contribution in [0.3, 0.4) is 0 Å². The molecule has 18 heavy (non-hydrogen) atoms. The standard InChI is InChI=1S/C15H12INO/c16-13-6-8-14(9-7-13)17-10-15(18-11-17)12-4-2-1-3-5-12/h1-10H,11H2. The second kappa shape index (κ2) is 5.02. The third kappa shape index (κ3) is 2.36. The molecule has 0 atom stereocenters. The Hall–Kier alpha value is -1.49. The van der Waals surface area contributed by atoms with Crippen molar-refractivity contribution in [1.29, 1.82) is 0 Å². The van der Waals surface area contributed by atoms with Crippen LogP contribution in [0, 0.1) is 3.57 Å². The minimum atomic E-state index is 0.574. The van der Waals surface area contributed by atoms with Crippen molar-refractivity contribution in [3.05, 3.63) is 69.9 Å². The third-order valence-electron chi connectivity index (χ3n) is 2.85. The summed E-state index contributed by atoms with van der Waals surface area (Å²) in [4.78, 5) is 2.11. The summed E-state index contributed by atoms with van der Waals surface area (Å²) in [5, 5.41) is 0. The molecule has 0 saturated carbocycles. The molecule has 1 heterocycles. The van der Waals surface area contributed by atoms with Crippen molar-refractivity contribution >= 4 is 34.0 Å². The number of halogens is 1. The molecule has 2 aromatic carbocycles. The highest BCUT2D eigenvalue weighted by molar-refractivity contribution is 14.1. The fourth-order valence-electron chi connectivity index (χ4n) is 1.90. The van der Waals surface area contributed by atoms with Gasteiger partial charge in [-0.05, 0) is 46.9 Å². The zero-order chi connectivity index (χ0) is 12.4. The van der Waals surface area contributed by atoms with E-state index in [1.807, 2.05) is 18.2 Å². The summed E-state index contributed by atoms with van der Waals surface area (Å²) in [5.41, 5.74) is 2.27. The average Bonchev–Trinajstić information content (AvgIpc) is 2.90. The van der Waals surface area contributed by atoms with Gasteiger partial charge in [0.15, 0.2) is 6.73 Å². The number of anilines is 1. The Bertz CT molecular complexity index is 563. The number of hydrogen-bond donors (Lipinski definition) is 0. The Labute approximate surface area is 120 Å². The fourth-order valence-corrected chi connectivity index (χ4v) is 2.26. The molecule has 1 aliphatic rings. The van der Waals surface area contributed by atoms with Crippen molar-refractivity contribution in [1.82, 2.24) is 0 Å². The summed E-state index contributed by atoms with van der Waals surface area (Å²) in [7, 11) is 0. The average molecular weight is 349 g/mol. The lowest BCUT2D eigenvalue weighted by Crippen LogP contribution is -2.12. The molecule has 1 aliphatic heterocycles. The number of benzene rings is 2. The Morgan fingerprint density at radius 3 is 2.39 bits per heavy atom. The van der Waals surface area contributed by atoms with E-state index in [-0.39, 0.29) is 0 Å². The lowest BCUT2D eigenvalue weighted by atomic mass is 10.2. The van der Waals surface area contributed by atoms with Crippen LogP contribution in [-0.4, -0.2) is 6.73 Å². The first-order valence-corrected chi connectivity index (χ1v) is 6.83. The molecular formula is C15H12INO. The van der Waals surface area contributed by atoms with E-state index in [0.29, 0.717) is 6.73 Å². The molecule has 0 bridgehead atoms. The van der Waals surface area contributed by atoms with Crippen LogP contribution < -0.4 is 4.90 Å². The maximum atomic E-state index is 5.72. The zero-order valence-corrected chi connectivity index (χ0v) is 11.9. The van der Waals surface area contributed by atoms with Crippen LogP contribution in [0.4, 0.5) is 5.69 Å². The Kier molecular flexibility index (Phi) is 3.23. The highest BCUT2D eigenvalue weighted by Crippen LogP contribution is 2.26. The smallest absolute Gasteiger partial charge is 0.165 e. The Morgan fingerprint density at radius 1 is 0.944 bits per heavy atom. The highest BCUT2D eigenvalue weighted by atomic mass is 127. The monoisotopic (exact) mass is 349 g/mol. The molecule has 2 aromatic rings. The molecule has 0 radical (unpaired) electrons. The first-order chi connectivity index (χ1) is 8.83. The molecule has 0 aromatic heterocycles. The van der Waals surface area contributed by atoms with Gasteiger partial charge in [0.1, 0.15) is 5.76 Å². The van der Waals surface area contributed by atoms with Crippen LogP contribution in [0.1, 0.15) is 5.56 Å². The zero-order valence-electron chi connectivity index (χ0n) is 9.71. The van der Waals surface area contributed by atoms with Crippen LogP contribution in [-0.2, 0) is 4.74 Å². The van der Waals surface area contributed by atoms with Gasteiger partial charge in [0, 0.05) is 14.8 Å². The van der Waals surface area contributed by atoms with Gasteiger partial charge in [-0.2, -0.15) is 0 Å². The Morgan fingerprint density at radius 2 is 1.67 bits per heavy atom. The minimum absolute atomic E-state index is 0.574. The van der Waals surface area contributed by atoms with Crippen LogP contribution in [0.5, 0.6) is 0 Å². The van der Waals surface area contributed by atoms with Gasteiger partial charge in [0.25, 0.3) is 0 Å². The first kappa shape index (κ1) is 11.6. The fraction of sp³-hybridized carbons (Fsp3) is 0.0667. The van der Waals surface area contributed by atoms with E-state index in [2.05, 4.69) is 70.1 Å². The van der Waals surface area contributed by atoms with Crippen molar-refractivity contribution in [2.45, 2.75) is 0 Å². The summed E-state index contributed by atoms with van der Waals surface area (Å²) in [5.74, 6) is 0.925. The largest absolute Gasteiger partial charge is 0.471 e. The lowest BCUT2D eigenvalue weighted by Gasteiger charge is -2.12. The molecule has 0 unspecified atom stereocenters. The van der Waals surface area contributed by atoms with E-state index in [0.717, 1.165) is 17.0 Å². The summed E-state index contributed by atoms with van der Waals surface area (Å²) in [6.45, 7) is 0.574. The number of hydrogen-bond acceptors (Lipinski definition) is 2. The molecular weight excluding hydrogens is 337 g/mol. The van der Waals surface area contributed by atoms with E-state index in [9.17, 15) is 0 Å². The van der Waals surface area contributed by atoms with Gasteiger partial charge >= 0.3 is 0 Å². The normalized spacial score (nSPS) is 14.3. The second-order valence-electron chi connectivity index (χ2n) is 4.08. The molecule has 0 saturated heterocycles. The predicted molar refractivity (Wildman–Crippen MR) is 82.0 cm³/mol. The SMILES string of the molecule is Ic1ccc(N2C=C(c3ccccc3)OC2)cc1. The van der Waals surface area contributed by atoms with E-state index in [1.54, 1.807) is 0 Å². The molecule has 0 aliphatic carbocycles. The van der Waals surface area contributed by atoms with Crippen molar-refractivity contribution in [2.24, 2.45) is 0 Å². The second-order valence-corrected chi connectivity index (χ2v) is 5.32. The van der Waals surface area contributed by atoms with Gasteiger partial charge in [0.05, 0.1) is 6.20 Å². The summed E-state index contributed by atoms with van der Waals surface area (Å²) in [6.07, 6.45) is 2.05. The highest BCUT2D eigenvalue weighted by Gasteiger charge is 2.15. The van der Waals surface area contributed by atoms with Gasteiger partial charge in [-0.25, -0.2) is 0 Å². The molecule has 0 spiro atoms. The molecule has 2 nitrogen and oxygen atoms in total. The van der Waals surface area contributed by atoms with Crippen LogP contribution in [0.15, 0.2) is 60.8 Å². The first-order valence-electron chi connectivity index (χ1n) is 5.75. The molecule has 0 amide bonds. The van der Waals surface area contributed by atoms with Gasteiger partial charge in [0.2, 0.25) is 0 Å². The maximum Gasteiger partial charge on any atom is 0.165 e. The molecule has 3 heteroatoms. The number of ether oxygens (including phenoxy) is 1. The maximum absolute atomic E-state index is 5.72. The van der Waals surface area contributed by atoms with Gasteiger partial charge in [-0.1, -0.05) is 30.3 Å². The topological polar surface area (TPSA) is 12.5 Å². The summed E-state index contributed by atoms with van der Waals surface area (Å²) < 4.78 is 6.96. The van der Waals surface area contributed by atoms with E-state index in [1.165, 1.54) is 3.57 Å². The Balaban J connectivity index is 1.85. The van der Waals surface area contributed by atoms with E-state index < -0.39 is 0 Å². The quantitative estimate of drug-likeness (QED) is 0.758. The van der Waals surface area contributed by atoms with Gasteiger partial charge in [-0.3, -0.25) is 0 Å². The molecule has 3 rings (SSSR count). The summed E-state index contributed by atoms with van der Waals surface area (Å²) >= 11 is 2.31. The lowest BCUT2D eigenvalue weighted by molar-refractivity contribution is 0.308. The number of nitrogens with zero attached hydrogens (tertiary/aromatic N) is 1. The molecule has 90 valence electrons. The predicted octanol–water partition coefficient (Wildman–Crippen LogP) is 4.08.